The third-order valence-corrected chi connectivity index (χ3v) is 4.02. The molecule has 0 saturated heterocycles. The van der Waals surface area contributed by atoms with Gasteiger partial charge < -0.3 is 10.5 Å². The molecule has 0 aromatic heterocycles. The summed E-state index contributed by atoms with van der Waals surface area (Å²) in [6.07, 6.45) is 2.70. The molecule has 112 valence electrons. The number of benzene rings is 1. The number of aryl methyl sites for hydroxylation is 2. The Labute approximate surface area is 123 Å². The summed E-state index contributed by atoms with van der Waals surface area (Å²) in [7, 11) is 2.13. The number of hydrogen-bond donors (Lipinski definition) is 1. The lowest BCUT2D eigenvalue weighted by atomic mass is 10.0. The van der Waals surface area contributed by atoms with Crippen molar-refractivity contribution in [2.45, 2.75) is 32.7 Å². The fourth-order valence-corrected chi connectivity index (χ4v) is 2.67. The molecule has 1 aromatic rings. The van der Waals surface area contributed by atoms with Crippen LogP contribution in [0.1, 0.15) is 35.6 Å². The highest BCUT2D eigenvalue weighted by Gasteiger charge is 2.21. The molecule has 0 bridgehead atoms. The van der Waals surface area contributed by atoms with E-state index in [1.54, 1.807) is 0 Å². The summed E-state index contributed by atoms with van der Waals surface area (Å²) in [5, 5.41) is 0. The van der Waals surface area contributed by atoms with Gasteiger partial charge in [-0.3, -0.25) is 4.90 Å². The number of nitrogens with two attached hydrogens (primary N) is 1. The van der Waals surface area contributed by atoms with E-state index in [9.17, 15) is 0 Å². The highest BCUT2D eigenvalue weighted by atomic mass is 16.5. The zero-order chi connectivity index (χ0) is 14.5. The minimum Gasteiger partial charge on any atom is -0.380 e. The van der Waals surface area contributed by atoms with E-state index in [-0.39, 0.29) is 6.04 Å². The fraction of sp³-hybridized carbons (Fsp3) is 0.647. The zero-order valence-electron chi connectivity index (χ0n) is 13.1. The van der Waals surface area contributed by atoms with Crippen LogP contribution in [0.4, 0.5) is 0 Å². The molecule has 1 saturated carbocycles. The smallest absolute Gasteiger partial charge is 0.0593 e. The van der Waals surface area contributed by atoms with E-state index in [1.807, 2.05) is 0 Å². The second kappa shape index (κ2) is 7.21. The average molecular weight is 276 g/mol. The van der Waals surface area contributed by atoms with Crippen LogP contribution in [-0.2, 0) is 4.74 Å². The van der Waals surface area contributed by atoms with Gasteiger partial charge >= 0.3 is 0 Å². The summed E-state index contributed by atoms with van der Waals surface area (Å²) in [5.41, 5.74) is 9.91. The van der Waals surface area contributed by atoms with Crippen LogP contribution in [0.5, 0.6) is 0 Å². The maximum atomic E-state index is 5.99. The minimum absolute atomic E-state index is 0.276. The largest absolute Gasteiger partial charge is 0.380 e. The van der Waals surface area contributed by atoms with Crippen molar-refractivity contribution in [3.05, 3.63) is 34.9 Å². The Morgan fingerprint density at radius 3 is 2.45 bits per heavy atom. The van der Waals surface area contributed by atoms with Crippen LogP contribution < -0.4 is 5.73 Å². The molecule has 3 heteroatoms. The van der Waals surface area contributed by atoms with E-state index in [0.29, 0.717) is 6.54 Å². The van der Waals surface area contributed by atoms with Crippen LogP contribution in [-0.4, -0.2) is 38.3 Å². The van der Waals surface area contributed by atoms with Crippen molar-refractivity contribution in [1.29, 1.82) is 0 Å². The van der Waals surface area contributed by atoms with Crippen molar-refractivity contribution < 1.29 is 4.74 Å². The predicted octanol–water partition coefficient (Wildman–Crippen LogP) is 2.66. The number of hydrogen-bond acceptors (Lipinski definition) is 3. The Bertz CT molecular complexity index is 409. The van der Waals surface area contributed by atoms with Crippen LogP contribution in [0.3, 0.4) is 0 Å². The van der Waals surface area contributed by atoms with Crippen molar-refractivity contribution >= 4 is 0 Å². The van der Waals surface area contributed by atoms with Gasteiger partial charge in [-0.25, -0.2) is 0 Å². The second-order valence-electron chi connectivity index (χ2n) is 6.17. The number of likely N-dealkylation sites (N-methyl/N-ethyl adjacent to an activating group) is 1. The van der Waals surface area contributed by atoms with Gasteiger partial charge in [-0.05, 0) is 45.2 Å². The highest BCUT2D eigenvalue weighted by molar-refractivity contribution is 5.30. The van der Waals surface area contributed by atoms with Crippen molar-refractivity contribution in [2.75, 3.05) is 33.4 Å². The lowest BCUT2D eigenvalue weighted by Gasteiger charge is -2.28. The molecule has 1 fully saturated rings. The normalized spacial score (nSPS) is 16.6. The molecule has 0 aliphatic heterocycles. The first kappa shape index (κ1) is 15.5. The molecule has 1 aliphatic carbocycles. The van der Waals surface area contributed by atoms with Crippen LogP contribution in [0.25, 0.3) is 0 Å². The highest BCUT2D eigenvalue weighted by Crippen LogP contribution is 2.28. The summed E-state index contributed by atoms with van der Waals surface area (Å²) in [6, 6.07) is 6.96. The molecule has 2 rings (SSSR count). The lowest BCUT2D eigenvalue weighted by Crippen LogP contribution is -2.33. The summed E-state index contributed by atoms with van der Waals surface area (Å²) in [4.78, 5) is 2.31. The minimum atomic E-state index is 0.276. The lowest BCUT2D eigenvalue weighted by molar-refractivity contribution is 0.0922. The van der Waals surface area contributed by atoms with Gasteiger partial charge in [-0.1, -0.05) is 29.3 Å². The molecule has 0 radical (unpaired) electrons. The average Bonchev–Trinajstić information content (AvgIpc) is 3.18. The standard InChI is InChI=1S/C17H28N2O/c1-13-8-14(2)10-16(9-13)17(11-18)19(3)6-7-20-12-15-4-5-15/h8-10,15,17H,4-7,11-12,18H2,1-3H3. The van der Waals surface area contributed by atoms with E-state index in [2.05, 4.69) is 44.0 Å². The van der Waals surface area contributed by atoms with E-state index in [0.717, 1.165) is 25.7 Å². The topological polar surface area (TPSA) is 38.5 Å². The Hall–Kier alpha value is -0.900. The summed E-state index contributed by atoms with van der Waals surface area (Å²) in [5.74, 6) is 0.838. The summed E-state index contributed by atoms with van der Waals surface area (Å²) < 4.78 is 5.72. The van der Waals surface area contributed by atoms with Gasteiger partial charge in [0.05, 0.1) is 6.61 Å². The van der Waals surface area contributed by atoms with Crippen LogP contribution in [0.2, 0.25) is 0 Å². The first-order valence-electron chi connectivity index (χ1n) is 7.66. The zero-order valence-corrected chi connectivity index (χ0v) is 13.1. The van der Waals surface area contributed by atoms with Gasteiger partial charge in [0.25, 0.3) is 0 Å². The molecule has 2 N–H and O–H groups in total. The number of rotatable bonds is 8. The fourth-order valence-electron chi connectivity index (χ4n) is 2.67. The van der Waals surface area contributed by atoms with Crippen molar-refractivity contribution in [1.82, 2.24) is 4.90 Å². The first-order valence-corrected chi connectivity index (χ1v) is 7.66. The maximum Gasteiger partial charge on any atom is 0.0593 e. The molecule has 3 nitrogen and oxygen atoms in total. The molecule has 1 unspecified atom stereocenters. The Kier molecular flexibility index (Phi) is 5.58. The van der Waals surface area contributed by atoms with Crippen molar-refractivity contribution in [3.8, 4) is 0 Å². The Morgan fingerprint density at radius 1 is 1.25 bits per heavy atom. The van der Waals surface area contributed by atoms with Crippen molar-refractivity contribution in [3.63, 3.8) is 0 Å². The molecule has 0 amide bonds. The van der Waals surface area contributed by atoms with Gasteiger partial charge in [0, 0.05) is 25.7 Å². The van der Waals surface area contributed by atoms with Gasteiger partial charge in [-0.15, -0.1) is 0 Å². The predicted molar refractivity (Wildman–Crippen MR) is 83.9 cm³/mol. The second-order valence-corrected chi connectivity index (χ2v) is 6.17. The quantitative estimate of drug-likeness (QED) is 0.742. The van der Waals surface area contributed by atoms with Gasteiger partial charge in [0.15, 0.2) is 0 Å². The third kappa shape index (κ3) is 4.58. The molecule has 1 aliphatic rings. The SMILES string of the molecule is Cc1cc(C)cc(C(CN)N(C)CCOCC2CC2)c1. The third-order valence-electron chi connectivity index (χ3n) is 4.02. The molecule has 0 spiro atoms. The van der Waals surface area contributed by atoms with Crippen LogP contribution >= 0.6 is 0 Å². The molecule has 20 heavy (non-hydrogen) atoms. The van der Waals surface area contributed by atoms with E-state index < -0.39 is 0 Å². The van der Waals surface area contributed by atoms with E-state index in [1.165, 1.54) is 29.5 Å². The number of ether oxygens (including phenoxy) is 1. The molecular formula is C17H28N2O. The first-order chi connectivity index (χ1) is 9.60. The number of nitrogens with zero attached hydrogens (tertiary/aromatic N) is 1. The van der Waals surface area contributed by atoms with Crippen LogP contribution in [0, 0.1) is 19.8 Å². The summed E-state index contributed by atoms with van der Waals surface area (Å²) >= 11 is 0. The molecular weight excluding hydrogens is 248 g/mol. The van der Waals surface area contributed by atoms with Gasteiger partial charge in [0.1, 0.15) is 0 Å². The molecule has 1 atom stereocenters. The van der Waals surface area contributed by atoms with Crippen molar-refractivity contribution in [2.24, 2.45) is 11.7 Å². The monoisotopic (exact) mass is 276 g/mol. The van der Waals surface area contributed by atoms with E-state index in [4.69, 9.17) is 10.5 Å². The Morgan fingerprint density at radius 2 is 1.90 bits per heavy atom. The van der Waals surface area contributed by atoms with Gasteiger partial charge in [-0.2, -0.15) is 0 Å². The maximum absolute atomic E-state index is 5.99. The van der Waals surface area contributed by atoms with Crippen LogP contribution in [0.15, 0.2) is 18.2 Å². The molecule has 0 heterocycles. The van der Waals surface area contributed by atoms with E-state index >= 15 is 0 Å². The Balaban J connectivity index is 1.87. The summed E-state index contributed by atoms with van der Waals surface area (Å²) in [6.45, 7) is 7.59. The van der Waals surface area contributed by atoms with Gasteiger partial charge in [0.2, 0.25) is 0 Å². The molecule has 1 aromatic carbocycles.